The van der Waals surface area contributed by atoms with Gasteiger partial charge in [0.15, 0.2) is 15.6 Å². The van der Waals surface area contributed by atoms with Crippen molar-refractivity contribution in [2.75, 3.05) is 18.6 Å². The van der Waals surface area contributed by atoms with Gasteiger partial charge in [-0.3, -0.25) is 0 Å². The van der Waals surface area contributed by atoms with Gasteiger partial charge in [-0.05, 0) is 19.9 Å². The van der Waals surface area contributed by atoms with Gasteiger partial charge in [-0.15, -0.1) is 11.3 Å². The van der Waals surface area contributed by atoms with Crippen molar-refractivity contribution in [2.45, 2.75) is 30.9 Å². The van der Waals surface area contributed by atoms with E-state index in [-0.39, 0.29) is 10.6 Å². The molecule has 1 N–H and O–H groups in total. The van der Waals surface area contributed by atoms with Crippen LogP contribution in [0.1, 0.15) is 10.6 Å². The topological polar surface area (TPSA) is 118 Å². The highest BCUT2D eigenvalue weighted by Gasteiger charge is 2.43. The van der Waals surface area contributed by atoms with Crippen LogP contribution in [0.2, 0.25) is 0 Å². The van der Waals surface area contributed by atoms with Gasteiger partial charge in [0, 0.05) is 18.0 Å². The molecule has 1 aliphatic heterocycles. The second kappa shape index (κ2) is 6.16. The van der Waals surface area contributed by atoms with Crippen molar-refractivity contribution in [3.05, 3.63) is 22.7 Å². The third-order valence-corrected chi connectivity index (χ3v) is 9.06. The van der Waals surface area contributed by atoms with Gasteiger partial charge in [0.2, 0.25) is 10.0 Å². The highest BCUT2D eigenvalue weighted by molar-refractivity contribution is 7.92. The fourth-order valence-corrected chi connectivity index (χ4v) is 7.64. The van der Waals surface area contributed by atoms with Crippen LogP contribution in [0.25, 0.3) is 10.6 Å². The predicted octanol–water partition coefficient (Wildman–Crippen LogP) is 0.798. The van der Waals surface area contributed by atoms with Crippen molar-refractivity contribution in [3.63, 3.8) is 0 Å². The Kier molecular flexibility index (Phi) is 4.57. The van der Waals surface area contributed by atoms with E-state index in [1.807, 2.05) is 0 Å². The lowest BCUT2D eigenvalue weighted by Gasteiger charge is -2.25. The molecule has 1 fully saturated rings. The van der Waals surface area contributed by atoms with Crippen LogP contribution in [0.3, 0.4) is 0 Å². The summed E-state index contributed by atoms with van der Waals surface area (Å²) in [6, 6.07) is 2.20. The minimum absolute atomic E-state index is 0.0700. The summed E-state index contributed by atoms with van der Waals surface area (Å²) in [6.45, 7) is 3.43. The van der Waals surface area contributed by atoms with Crippen LogP contribution < -0.4 is 0 Å². The number of thiophene rings is 1. The van der Waals surface area contributed by atoms with E-state index in [1.165, 1.54) is 24.5 Å². The maximum absolute atomic E-state index is 12.9. The fourth-order valence-electron chi connectivity index (χ4n) is 2.81. The molecule has 0 aromatic carbocycles. The van der Waals surface area contributed by atoms with E-state index in [0.717, 1.165) is 4.31 Å². The van der Waals surface area contributed by atoms with Crippen molar-refractivity contribution < 1.29 is 26.5 Å². The molecule has 3 heterocycles. The largest absolute Gasteiger partial charge is 0.390 e. The molecule has 2 aromatic rings. The second-order valence-electron chi connectivity index (χ2n) is 6.10. The van der Waals surface area contributed by atoms with Crippen molar-refractivity contribution in [1.82, 2.24) is 9.46 Å². The van der Waals surface area contributed by atoms with Crippen LogP contribution in [-0.4, -0.2) is 62.1 Å². The number of aromatic nitrogens is 1. The maximum Gasteiger partial charge on any atom is 0.244 e. The van der Waals surface area contributed by atoms with Crippen molar-refractivity contribution in [2.24, 2.45) is 0 Å². The second-order valence-corrected chi connectivity index (χ2v) is 11.5. The Hall–Kier alpha value is -1.27. The minimum atomic E-state index is -3.96. The Labute approximate surface area is 150 Å². The average Bonchev–Trinajstić information content (AvgIpc) is 3.15. The third kappa shape index (κ3) is 3.38. The molecule has 8 nitrogen and oxygen atoms in total. The lowest BCUT2D eigenvalue weighted by Crippen LogP contribution is -2.44. The molecule has 0 saturated carbocycles. The van der Waals surface area contributed by atoms with Crippen molar-refractivity contribution in [3.8, 4) is 10.6 Å². The van der Waals surface area contributed by atoms with Gasteiger partial charge in [-0.2, -0.15) is 4.31 Å². The number of rotatable bonds is 4. The zero-order valence-electron chi connectivity index (χ0n) is 13.8. The summed E-state index contributed by atoms with van der Waals surface area (Å²) >= 11 is 1.25. The summed E-state index contributed by atoms with van der Waals surface area (Å²) in [7, 11) is -6.12. The monoisotopic (exact) mass is 406 g/mol. The lowest BCUT2D eigenvalue weighted by atomic mass is 10.2. The third-order valence-electron chi connectivity index (χ3n) is 4.16. The number of likely N-dealkylation sites (N-methyl/N-ethyl adjacent to an activating group) is 1. The number of aliphatic hydroxyl groups is 1. The Morgan fingerprint density at radius 3 is 2.52 bits per heavy atom. The van der Waals surface area contributed by atoms with E-state index in [4.69, 9.17) is 4.52 Å². The molecule has 0 amide bonds. The van der Waals surface area contributed by atoms with Crippen LogP contribution in [0.4, 0.5) is 0 Å². The molecule has 1 saturated heterocycles. The number of nitrogens with zero attached hydrogens (tertiary/aromatic N) is 2. The van der Waals surface area contributed by atoms with Gasteiger partial charge in [0.05, 0.1) is 39.1 Å². The number of aryl methyl sites for hydroxylation is 2. The Balaban J connectivity index is 1.96. The van der Waals surface area contributed by atoms with Crippen LogP contribution in [0.15, 0.2) is 21.6 Å². The number of sulfonamides is 1. The van der Waals surface area contributed by atoms with Gasteiger partial charge in [-0.1, -0.05) is 5.16 Å². The SMILES string of the molecule is Cc1cc(-c2cc(S(=O)(=O)N(C)[C@@H]3CS(=O)(=O)C[C@H]3O)c(C)s2)on1. The minimum Gasteiger partial charge on any atom is -0.390 e. The van der Waals surface area contributed by atoms with E-state index < -0.39 is 37.8 Å². The Morgan fingerprint density at radius 2 is 2.00 bits per heavy atom. The molecule has 2 atom stereocenters. The lowest BCUT2D eigenvalue weighted by molar-refractivity contribution is 0.137. The van der Waals surface area contributed by atoms with Crippen LogP contribution >= 0.6 is 11.3 Å². The van der Waals surface area contributed by atoms with Gasteiger partial charge >= 0.3 is 0 Å². The fraction of sp³-hybridized carbons (Fsp3) is 0.500. The molecule has 0 spiro atoms. The standard InChI is InChI=1S/C14H18N2O6S3/c1-8-4-12(22-15-8)13-5-14(9(2)23-13)25(20,21)16(3)10-6-24(18,19)7-11(10)17/h4-5,10-11,17H,6-7H2,1-3H3/t10-,11-/m1/s1. The number of aliphatic hydroxyl groups excluding tert-OH is 1. The van der Waals surface area contributed by atoms with Gasteiger partial charge < -0.3 is 9.63 Å². The average molecular weight is 407 g/mol. The van der Waals surface area contributed by atoms with Crippen LogP contribution in [0.5, 0.6) is 0 Å². The first-order valence-corrected chi connectivity index (χ1v) is 11.5. The molecule has 3 rings (SSSR count). The normalized spacial score (nSPS) is 23.4. The van der Waals surface area contributed by atoms with Crippen LogP contribution in [-0.2, 0) is 19.9 Å². The molecule has 0 radical (unpaired) electrons. The van der Waals surface area contributed by atoms with E-state index in [9.17, 15) is 21.9 Å². The molecular weight excluding hydrogens is 388 g/mol. The molecule has 0 aliphatic carbocycles. The molecule has 25 heavy (non-hydrogen) atoms. The summed E-state index contributed by atoms with van der Waals surface area (Å²) in [5.41, 5.74) is 0.682. The highest BCUT2D eigenvalue weighted by Crippen LogP contribution is 2.36. The Bertz CT molecular complexity index is 1010. The highest BCUT2D eigenvalue weighted by atomic mass is 32.2. The van der Waals surface area contributed by atoms with Gasteiger partial charge in [-0.25, -0.2) is 16.8 Å². The summed E-state index contributed by atoms with van der Waals surface area (Å²) in [5, 5.41) is 13.7. The summed E-state index contributed by atoms with van der Waals surface area (Å²) in [4.78, 5) is 1.23. The summed E-state index contributed by atoms with van der Waals surface area (Å²) in [6.07, 6.45) is -1.24. The number of hydrogen-bond donors (Lipinski definition) is 1. The summed E-state index contributed by atoms with van der Waals surface area (Å²) < 4.78 is 55.3. The molecular formula is C14H18N2O6S3. The molecule has 0 bridgehead atoms. The van der Waals surface area contributed by atoms with Gasteiger partial charge in [0.25, 0.3) is 0 Å². The maximum atomic E-state index is 12.9. The van der Waals surface area contributed by atoms with E-state index in [2.05, 4.69) is 5.16 Å². The predicted molar refractivity (Wildman–Crippen MR) is 92.7 cm³/mol. The van der Waals surface area contributed by atoms with Crippen molar-refractivity contribution in [1.29, 1.82) is 0 Å². The van der Waals surface area contributed by atoms with E-state index in [1.54, 1.807) is 19.9 Å². The first kappa shape index (κ1) is 18.5. The zero-order valence-corrected chi connectivity index (χ0v) is 16.3. The first-order valence-electron chi connectivity index (χ1n) is 7.42. The molecule has 0 unspecified atom stereocenters. The molecule has 138 valence electrons. The van der Waals surface area contributed by atoms with Crippen LogP contribution in [0, 0.1) is 13.8 Å². The Morgan fingerprint density at radius 1 is 1.32 bits per heavy atom. The number of hydrogen-bond acceptors (Lipinski definition) is 8. The van der Waals surface area contributed by atoms with Gasteiger partial charge in [0.1, 0.15) is 0 Å². The van der Waals surface area contributed by atoms with E-state index >= 15 is 0 Å². The van der Waals surface area contributed by atoms with E-state index in [0.29, 0.717) is 21.2 Å². The molecule has 2 aromatic heterocycles. The molecule has 1 aliphatic rings. The number of sulfone groups is 1. The quantitative estimate of drug-likeness (QED) is 0.798. The molecule has 11 heteroatoms. The summed E-state index contributed by atoms with van der Waals surface area (Å²) in [5.74, 6) is -0.345. The first-order chi connectivity index (χ1) is 11.5. The smallest absolute Gasteiger partial charge is 0.244 e. The zero-order chi connectivity index (χ0) is 18.6. The van der Waals surface area contributed by atoms with Crippen molar-refractivity contribution >= 4 is 31.2 Å².